The van der Waals surface area contributed by atoms with Crippen molar-refractivity contribution in [1.29, 1.82) is 0 Å². The number of rotatable bonds is 21. The zero-order chi connectivity index (χ0) is 32.5. The Balaban J connectivity index is 1.43. The first-order valence-corrected chi connectivity index (χ1v) is 17.1. The van der Waals surface area contributed by atoms with Crippen molar-refractivity contribution in [2.45, 2.75) is 129 Å². The number of nitrogens with zero attached hydrogens (tertiary/aromatic N) is 1. The highest BCUT2D eigenvalue weighted by Crippen LogP contribution is 2.28. The molecule has 0 spiro atoms. The van der Waals surface area contributed by atoms with Crippen molar-refractivity contribution in [1.82, 2.24) is 5.32 Å². The fraction of sp³-hybridized carbons (Fsp3) is 0.568. The van der Waals surface area contributed by atoms with E-state index >= 15 is 0 Å². The SMILES string of the molecule is CCCCCCCCCCCCCCCCCCNC(=O)c1cc(NC(C)(O)O)ccc1N=C1CC(=O)c2ccccc2C1=O. The van der Waals surface area contributed by atoms with Crippen LogP contribution in [0, 0.1) is 0 Å². The minimum Gasteiger partial charge on any atom is -0.352 e. The smallest absolute Gasteiger partial charge is 0.253 e. The van der Waals surface area contributed by atoms with Crippen LogP contribution < -0.4 is 10.6 Å². The first-order valence-electron chi connectivity index (χ1n) is 17.1. The van der Waals surface area contributed by atoms with Crippen molar-refractivity contribution in [3.05, 3.63) is 59.2 Å². The summed E-state index contributed by atoms with van der Waals surface area (Å²) >= 11 is 0. The fourth-order valence-electron chi connectivity index (χ4n) is 5.78. The normalized spacial score (nSPS) is 14.1. The molecule has 0 bridgehead atoms. The highest BCUT2D eigenvalue weighted by Gasteiger charge is 2.29. The number of carbonyl (C=O) groups is 3. The Morgan fingerprint density at radius 2 is 1.31 bits per heavy atom. The summed E-state index contributed by atoms with van der Waals surface area (Å²) in [6.45, 7) is 3.92. The van der Waals surface area contributed by atoms with Crippen molar-refractivity contribution in [3.8, 4) is 0 Å². The van der Waals surface area contributed by atoms with E-state index in [2.05, 4.69) is 22.5 Å². The minimum atomic E-state index is -2.19. The molecule has 0 radical (unpaired) electrons. The molecule has 8 nitrogen and oxygen atoms in total. The first kappa shape index (κ1) is 36.1. The maximum absolute atomic E-state index is 13.2. The van der Waals surface area contributed by atoms with Gasteiger partial charge in [-0.05, 0) is 24.6 Å². The molecule has 1 aliphatic carbocycles. The predicted molar refractivity (Wildman–Crippen MR) is 182 cm³/mol. The molecular weight excluding hydrogens is 566 g/mol. The van der Waals surface area contributed by atoms with Crippen LogP contribution in [0.1, 0.15) is 154 Å². The van der Waals surface area contributed by atoms with Gasteiger partial charge < -0.3 is 20.8 Å². The standard InChI is InChI=1S/C37H53N3O5/c1-3-4-5-6-7-8-9-10-11-12-13-14-15-16-17-20-25-38-36(43)31-26-28(40-37(2,44)45)23-24-32(31)39-33-27-34(41)29-21-18-19-22-30(29)35(33)42/h18-19,21-24,26,40,44-45H,3-17,20,25,27H2,1-2H3,(H,38,43). The van der Waals surface area contributed by atoms with E-state index in [0.29, 0.717) is 23.4 Å². The maximum atomic E-state index is 13.2. The quantitative estimate of drug-likeness (QED) is 0.0822. The number of nitrogens with one attached hydrogen (secondary N) is 2. The van der Waals surface area contributed by atoms with Crippen molar-refractivity contribution in [2.75, 3.05) is 11.9 Å². The number of hydrogen-bond acceptors (Lipinski definition) is 7. The summed E-state index contributed by atoms with van der Waals surface area (Å²) in [5.74, 6) is -3.12. The Hall–Kier alpha value is -3.36. The number of anilines is 1. The molecule has 0 saturated carbocycles. The van der Waals surface area contributed by atoms with Gasteiger partial charge in [0, 0.05) is 30.3 Å². The number of carbonyl (C=O) groups excluding carboxylic acids is 3. The molecule has 246 valence electrons. The van der Waals surface area contributed by atoms with Gasteiger partial charge in [0.15, 0.2) is 5.78 Å². The highest BCUT2D eigenvalue weighted by molar-refractivity contribution is 6.53. The number of fused-ring (bicyclic) bond motifs is 1. The Kier molecular flexibility index (Phi) is 15.4. The van der Waals surface area contributed by atoms with Crippen LogP contribution in [0.25, 0.3) is 0 Å². The van der Waals surface area contributed by atoms with Crippen LogP contribution in [0.15, 0.2) is 47.5 Å². The van der Waals surface area contributed by atoms with E-state index in [-0.39, 0.29) is 40.9 Å². The van der Waals surface area contributed by atoms with Crippen LogP contribution in [0.2, 0.25) is 0 Å². The Morgan fingerprint density at radius 3 is 1.87 bits per heavy atom. The average molecular weight is 620 g/mol. The van der Waals surface area contributed by atoms with E-state index in [1.54, 1.807) is 30.3 Å². The molecule has 1 amide bonds. The van der Waals surface area contributed by atoms with Crippen LogP contribution in [0.5, 0.6) is 0 Å². The maximum Gasteiger partial charge on any atom is 0.253 e. The zero-order valence-electron chi connectivity index (χ0n) is 27.3. The largest absolute Gasteiger partial charge is 0.352 e. The van der Waals surface area contributed by atoms with E-state index in [9.17, 15) is 24.6 Å². The van der Waals surface area contributed by atoms with Gasteiger partial charge in [-0.15, -0.1) is 0 Å². The van der Waals surface area contributed by atoms with Crippen molar-refractivity contribution >= 4 is 34.6 Å². The van der Waals surface area contributed by atoms with Gasteiger partial charge in [0.05, 0.1) is 23.4 Å². The van der Waals surface area contributed by atoms with Crippen molar-refractivity contribution < 1.29 is 24.6 Å². The second kappa shape index (κ2) is 19.2. The number of hydrogen-bond donors (Lipinski definition) is 4. The van der Waals surface area contributed by atoms with Gasteiger partial charge in [-0.2, -0.15) is 0 Å². The molecule has 0 aliphatic heterocycles. The number of aliphatic hydroxyl groups is 2. The molecule has 0 saturated heterocycles. The molecule has 2 aromatic rings. The number of benzene rings is 2. The Labute approximate surface area is 269 Å². The lowest BCUT2D eigenvalue weighted by molar-refractivity contribution is -0.118. The van der Waals surface area contributed by atoms with Gasteiger partial charge in [-0.25, -0.2) is 4.99 Å². The summed E-state index contributed by atoms with van der Waals surface area (Å²) < 4.78 is 0. The summed E-state index contributed by atoms with van der Waals surface area (Å²) in [6, 6.07) is 11.2. The lowest BCUT2D eigenvalue weighted by Gasteiger charge is -2.20. The van der Waals surface area contributed by atoms with Crippen molar-refractivity contribution in [2.24, 2.45) is 4.99 Å². The monoisotopic (exact) mass is 619 g/mol. The Bertz CT molecular complexity index is 1280. The van der Waals surface area contributed by atoms with Gasteiger partial charge in [0.25, 0.3) is 5.91 Å². The van der Waals surface area contributed by atoms with Gasteiger partial charge in [-0.3, -0.25) is 14.4 Å². The first-order chi connectivity index (χ1) is 21.7. The molecule has 4 N–H and O–H groups in total. The lowest BCUT2D eigenvalue weighted by Crippen LogP contribution is -2.33. The topological polar surface area (TPSA) is 128 Å². The van der Waals surface area contributed by atoms with Gasteiger partial charge >= 0.3 is 0 Å². The van der Waals surface area contributed by atoms with Crippen LogP contribution in [-0.4, -0.2) is 45.9 Å². The Morgan fingerprint density at radius 1 is 0.778 bits per heavy atom. The van der Waals surface area contributed by atoms with E-state index < -0.39 is 5.91 Å². The molecule has 0 unspecified atom stereocenters. The third kappa shape index (κ3) is 12.9. The summed E-state index contributed by atoms with van der Waals surface area (Å²) in [5, 5.41) is 25.0. The molecule has 0 fully saturated rings. The highest BCUT2D eigenvalue weighted by atomic mass is 16.5. The lowest BCUT2D eigenvalue weighted by atomic mass is 9.88. The van der Waals surface area contributed by atoms with Crippen molar-refractivity contribution in [3.63, 3.8) is 0 Å². The molecule has 8 heteroatoms. The average Bonchev–Trinajstić information content (AvgIpc) is 3.01. The zero-order valence-corrected chi connectivity index (χ0v) is 27.3. The molecule has 2 aromatic carbocycles. The molecule has 3 rings (SSSR count). The molecule has 0 heterocycles. The number of amides is 1. The second-order valence-electron chi connectivity index (χ2n) is 12.5. The molecule has 45 heavy (non-hydrogen) atoms. The number of aliphatic imine (C=N–C) groups is 1. The summed E-state index contributed by atoms with van der Waals surface area (Å²) in [4.78, 5) is 43.5. The van der Waals surface area contributed by atoms with E-state index in [1.165, 1.54) is 103 Å². The molecule has 0 aromatic heterocycles. The van der Waals surface area contributed by atoms with Crippen LogP contribution in [0.3, 0.4) is 0 Å². The van der Waals surface area contributed by atoms with Gasteiger partial charge in [-0.1, -0.05) is 128 Å². The molecule has 1 aliphatic rings. The predicted octanol–water partition coefficient (Wildman–Crippen LogP) is 8.29. The minimum absolute atomic E-state index is 0.0698. The van der Waals surface area contributed by atoms with Gasteiger partial charge in [0.1, 0.15) is 0 Å². The third-order valence-corrected chi connectivity index (χ3v) is 8.26. The van der Waals surface area contributed by atoms with E-state index in [4.69, 9.17) is 0 Å². The fourth-order valence-corrected chi connectivity index (χ4v) is 5.78. The summed E-state index contributed by atoms with van der Waals surface area (Å²) in [5.41, 5.74) is 1.46. The van der Waals surface area contributed by atoms with Crippen LogP contribution in [0.4, 0.5) is 11.4 Å². The van der Waals surface area contributed by atoms with E-state index in [0.717, 1.165) is 19.3 Å². The molecule has 0 atom stereocenters. The number of Topliss-reactive ketones (excluding diaryl/α,β-unsaturated/α-hetero) is 2. The third-order valence-electron chi connectivity index (χ3n) is 8.26. The molecular formula is C37H53N3O5. The summed E-state index contributed by atoms with van der Waals surface area (Å²) in [7, 11) is 0. The number of ketones is 2. The van der Waals surface area contributed by atoms with Crippen LogP contribution in [-0.2, 0) is 0 Å². The number of unbranched alkanes of at least 4 members (excludes halogenated alkanes) is 15. The van der Waals surface area contributed by atoms with Crippen LogP contribution >= 0.6 is 0 Å². The van der Waals surface area contributed by atoms with E-state index in [1.807, 2.05) is 0 Å². The summed E-state index contributed by atoms with van der Waals surface area (Å²) in [6.07, 6.45) is 20.3. The van der Waals surface area contributed by atoms with Gasteiger partial charge in [0.2, 0.25) is 11.7 Å². The second-order valence-corrected chi connectivity index (χ2v) is 12.5.